The minimum Gasteiger partial charge on any atom is -0.324 e. The van der Waals surface area contributed by atoms with E-state index < -0.39 is 0 Å². The average Bonchev–Trinajstić information content (AvgIpc) is 3.37. The van der Waals surface area contributed by atoms with E-state index in [0.29, 0.717) is 32.6 Å². The average molecular weight is 485 g/mol. The van der Waals surface area contributed by atoms with E-state index in [2.05, 4.69) is 25.6 Å². The van der Waals surface area contributed by atoms with Gasteiger partial charge in [-0.05, 0) is 56.3 Å². The van der Waals surface area contributed by atoms with Crippen LogP contribution in [-0.2, 0) is 6.54 Å². The number of nitrogens with one attached hydrogen (secondary N) is 2. The predicted molar refractivity (Wildman–Crippen MR) is 132 cm³/mol. The van der Waals surface area contributed by atoms with Crippen LogP contribution in [0.15, 0.2) is 60.8 Å². The zero-order valence-electron chi connectivity index (χ0n) is 18.9. The van der Waals surface area contributed by atoms with Gasteiger partial charge in [0, 0.05) is 33.7 Å². The molecule has 0 unspecified atom stereocenters. The molecule has 5 rings (SSSR count). The highest BCUT2D eigenvalue weighted by Crippen LogP contribution is 2.27. The van der Waals surface area contributed by atoms with E-state index >= 15 is 0 Å². The van der Waals surface area contributed by atoms with Gasteiger partial charge in [0.1, 0.15) is 0 Å². The van der Waals surface area contributed by atoms with Gasteiger partial charge >= 0.3 is 0 Å². The van der Waals surface area contributed by atoms with Crippen LogP contribution in [0.4, 0.5) is 16.8 Å². The Morgan fingerprint density at radius 2 is 1.57 bits per heavy atom. The van der Waals surface area contributed by atoms with Gasteiger partial charge in [0.2, 0.25) is 5.95 Å². The first kappa shape index (κ1) is 22.4. The second-order valence-corrected chi connectivity index (χ2v) is 9.12. The highest BCUT2D eigenvalue weighted by atomic mass is 32.1. The van der Waals surface area contributed by atoms with Crippen LogP contribution in [0.25, 0.3) is 0 Å². The number of imide groups is 1. The van der Waals surface area contributed by atoms with E-state index in [1.807, 2.05) is 19.9 Å². The quantitative estimate of drug-likeness (QED) is 0.391. The van der Waals surface area contributed by atoms with Crippen LogP contribution in [0.2, 0.25) is 0 Å². The molecule has 3 heterocycles. The first-order chi connectivity index (χ1) is 16.9. The fourth-order valence-electron chi connectivity index (χ4n) is 3.76. The summed E-state index contributed by atoms with van der Waals surface area (Å²) in [7, 11) is 0. The van der Waals surface area contributed by atoms with Crippen LogP contribution in [-0.4, -0.2) is 37.6 Å². The molecule has 1 aliphatic heterocycles. The largest absolute Gasteiger partial charge is 0.324 e. The Balaban J connectivity index is 1.21. The fraction of sp³-hybridized carbons (Fsp3) is 0.120. The Bertz CT molecular complexity index is 1410. The maximum Gasteiger partial charge on any atom is 0.261 e. The second kappa shape index (κ2) is 9.07. The molecule has 1 aliphatic rings. The van der Waals surface area contributed by atoms with Gasteiger partial charge in [0.25, 0.3) is 17.7 Å². The normalized spacial score (nSPS) is 12.6. The summed E-state index contributed by atoms with van der Waals surface area (Å²) < 4.78 is 0. The zero-order chi connectivity index (χ0) is 24.5. The number of hydrogen-bond acceptors (Lipinski definition) is 8. The molecule has 0 fully saturated rings. The maximum atomic E-state index is 12.7. The van der Waals surface area contributed by atoms with Gasteiger partial charge in [-0.3, -0.25) is 24.6 Å². The van der Waals surface area contributed by atoms with Gasteiger partial charge in [0.15, 0.2) is 5.13 Å². The molecule has 0 saturated carbocycles. The summed E-state index contributed by atoms with van der Waals surface area (Å²) in [5.41, 5.74) is 3.73. The van der Waals surface area contributed by atoms with Crippen molar-refractivity contribution in [2.75, 3.05) is 10.6 Å². The summed E-state index contributed by atoms with van der Waals surface area (Å²) in [6, 6.07) is 15.6. The minimum atomic E-state index is -0.329. The van der Waals surface area contributed by atoms with E-state index in [9.17, 15) is 14.4 Å². The molecule has 9 nitrogen and oxygen atoms in total. The molecule has 35 heavy (non-hydrogen) atoms. The summed E-state index contributed by atoms with van der Waals surface area (Å²) in [4.78, 5) is 52.6. The Labute approximate surface area is 204 Å². The molecule has 2 aromatic heterocycles. The lowest BCUT2D eigenvalue weighted by Gasteiger charge is -2.11. The van der Waals surface area contributed by atoms with Crippen molar-refractivity contribution in [3.05, 3.63) is 93.7 Å². The first-order valence-electron chi connectivity index (χ1n) is 10.8. The van der Waals surface area contributed by atoms with Crippen molar-refractivity contribution in [1.29, 1.82) is 0 Å². The fourth-order valence-corrected chi connectivity index (χ4v) is 4.56. The van der Waals surface area contributed by atoms with Crippen molar-refractivity contribution in [1.82, 2.24) is 19.9 Å². The van der Waals surface area contributed by atoms with E-state index in [-0.39, 0.29) is 24.3 Å². The van der Waals surface area contributed by atoms with Crippen molar-refractivity contribution in [2.45, 2.75) is 20.4 Å². The molecule has 4 aromatic rings. The summed E-state index contributed by atoms with van der Waals surface area (Å²) in [6.45, 7) is 3.90. The number of carbonyl (C=O) groups is 3. The number of nitrogens with zero attached hydrogens (tertiary/aromatic N) is 4. The minimum absolute atomic E-state index is 0.0980. The van der Waals surface area contributed by atoms with Gasteiger partial charge in [-0.1, -0.05) is 23.5 Å². The third-order valence-corrected chi connectivity index (χ3v) is 6.25. The maximum absolute atomic E-state index is 12.7. The van der Waals surface area contributed by atoms with Crippen LogP contribution in [0.1, 0.15) is 47.3 Å². The van der Waals surface area contributed by atoms with Gasteiger partial charge in [-0.2, -0.15) is 0 Å². The molecule has 3 amide bonds. The van der Waals surface area contributed by atoms with Crippen LogP contribution >= 0.6 is 11.3 Å². The zero-order valence-corrected chi connectivity index (χ0v) is 19.7. The molecule has 0 saturated heterocycles. The van der Waals surface area contributed by atoms with Crippen molar-refractivity contribution in [2.24, 2.45) is 0 Å². The van der Waals surface area contributed by atoms with E-state index in [4.69, 9.17) is 0 Å². The van der Waals surface area contributed by atoms with Gasteiger partial charge < -0.3 is 5.32 Å². The standard InChI is InChI=1S/C25H20N6O3S/c1-14-11-15(2)28-24(27-14)29-17-9-7-16(8-10-17)21(32)30-25-26-12-18(35-25)13-31-22(33)19-5-3-4-6-20(19)23(31)34/h3-12H,13H2,1-2H3,(H,26,30,32)(H,27,28,29). The van der Waals surface area contributed by atoms with E-state index in [1.54, 1.807) is 54.7 Å². The number of amides is 3. The molecule has 0 spiro atoms. The van der Waals surface area contributed by atoms with E-state index in [0.717, 1.165) is 17.1 Å². The lowest BCUT2D eigenvalue weighted by atomic mass is 10.1. The molecular formula is C25H20N6O3S. The smallest absolute Gasteiger partial charge is 0.261 e. The Morgan fingerprint density at radius 3 is 2.20 bits per heavy atom. The van der Waals surface area contributed by atoms with Crippen molar-refractivity contribution in [3.8, 4) is 0 Å². The highest BCUT2D eigenvalue weighted by molar-refractivity contribution is 7.15. The van der Waals surface area contributed by atoms with Crippen LogP contribution in [0, 0.1) is 13.8 Å². The number of carbonyl (C=O) groups excluding carboxylic acids is 3. The van der Waals surface area contributed by atoms with E-state index in [1.165, 1.54) is 16.2 Å². The molecule has 2 N–H and O–H groups in total. The lowest BCUT2D eigenvalue weighted by Crippen LogP contribution is -2.28. The Hall–Kier alpha value is -4.44. The predicted octanol–water partition coefficient (Wildman–Crippen LogP) is 4.34. The van der Waals surface area contributed by atoms with Crippen LogP contribution < -0.4 is 10.6 Å². The molecule has 10 heteroatoms. The summed E-state index contributed by atoms with van der Waals surface area (Å²) >= 11 is 1.22. The molecule has 0 radical (unpaired) electrons. The van der Waals surface area contributed by atoms with Crippen molar-refractivity contribution < 1.29 is 14.4 Å². The molecule has 2 aromatic carbocycles. The molecule has 174 valence electrons. The number of aromatic nitrogens is 3. The van der Waals surface area contributed by atoms with Crippen molar-refractivity contribution >= 4 is 45.8 Å². The van der Waals surface area contributed by atoms with Gasteiger partial charge in [0.05, 0.1) is 17.7 Å². The third kappa shape index (κ3) is 4.64. The molecule has 0 atom stereocenters. The monoisotopic (exact) mass is 484 g/mol. The summed E-state index contributed by atoms with van der Waals surface area (Å²) in [5.74, 6) is -0.483. The number of hydrogen-bond donors (Lipinski definition) is 2. The Morgan fingerprint density at radius 1 is 0.943 bits per heavy atom. The number of fused-ring (bicyclic) bond motifs is 1. The Kier molecular flexibility index (Phi) is 5.79. The summed E-state index contributed by atoms with van der Waals surface area (Å²) in [6.07, 6.45) is 1.56. The highest BCUT2D eigenvalue weighted by Gasteiger charge is 2.35. The molecule has 0 bridgehead atoms. The van der Waals surface area contributed by atoms with Crippen LogP contribution in [0.5, 0.6) is 0 Å². The van der Waals surface area contributed by atoms with Crippen LogP contribution in [0.3, 0.4) is 0 Å². The van der Waals surface area contributed by atoms with Gasteiger partial charge in [-0.25, -0.2) is 15.0 Å². The lowest BCUT2D eigenvalue weighted by molar-refractivity contribution is 0.0643. The van der Waals surface area contributed by atoms with Crippen molar-refractivity contribution in [3.63, 3.8) is 0 Å². The van der Waals surface area contributed by atoms with Gasteiger partial charge in [-0.15, -0.1) is 0 Å². The summed E-state index contributed by atoms with van der Waals surface area (Å²) in [5, 5.41) is 6.27. The molecular weight excluding hydrogens is 464 g/mol. The third-order valence-electron chi connectivity index (χ3n) is 5.35. The number of aryl methyl sites for hydroxylation is 2. The second-order valence-electron chi connectivity index (χ2n) is 8.00. The first-order valence-corrected chi connectivity index (χ1v) is 11.6. The number of thiazole rings is 1. The number of benzene rings is 2. The molecule has 0 aliphatic carbocycles. The topological polar surface area (TPSA) is 117 Å². The number of rotatable bonds is 6. The number of anilines is 3. The SMILES string of the molecule is Cc1cc(C)nc(Nc2ccc(C(=O)Nc3ncc(CN4C(=O)c5ccccc5C4=O)s3)cc2)n1.